The molecule has 202 valence electrons. The van der Waals surface area contributed by atoms with E-state index >= 15 is 0 Å². The Morgan fingerprint density at radius 3 is 2.62 bits per heavy atom. The van der Waals surface area contributed by atoms with Crippen LogP contribution in [0.3, 0.4) is 0 Å². The Kier molecular flexibility index (Phi) is 8.82. The van der Waals surface area contributed by atoms with Gasteiger partial charge in [-0.1, -0.05) is 63.6 Å². The van der Waals surface area contributed by atoms with Gasteiger partial charge in [-0.05, 0) is 88.6 Å². The second-order valence-electron chi connectivity index (χ2n) is 10.4. The van der Waals surface area contributed by atoms with Crippen molar-refractivity contribution in [2.45, 2.75) is 52.7 Å². The zero-order valence-electron chi connectivity index (χ0n) is 23.5. The summed E-state index contributed by atoms with van der Waals surface area (Å²) >= 11 is 0. The first-order chi connectivity index (χ1) is 18.8. The summed E-state index contributed by atoms with van der Waals surface area (Å²) in [5, 5.41) is 15.9. The van der Waals surface area contributed by atoms with Gasteiger partial charge in [-0.3, -0.25) is 9.79 Å². The number of rotatable bonds is 7. The third-order valence-electron chi connectivity index (χ3n) is 7.09. The van der Waals surface area contributed by atoms with Gasteiger partial charge < -0.3 is 15.2 Å². The Bertz CT molecular complexity index is 1430. The molecule has 1 atom stereocenters. The number of aliphatic imine (C=N–C) groups is 1. The second kappa shape index (κ2) is 12.3. The van der Waals surface area contributed by atoms with Crippen molar-refractivity contribution in [1.29, 1.82) is 0 Å². The van der Waals surface area contributed by atoms with E-state index in [9.17, 15) is 9.90 Å². The zero-order chi connectivity index (χ0) is 28.0. The van der Waals surface area contributed by atoms with Crippen molar-refractivity contribution in [2.24, 2.45) is 10.9 Å². The van der Waals surface area contributed by atoms with E-state index in [1.165, 1.54) is 0 Å². The number of benzene rings is 3. The molecule has 5 nitrogen and oxygen atoms in total. The van der Waals surface area contributed by atoms with Crippen LogP contribution in [0.5, 0.6) is 5.75 Å². The summed E-state index contributed by atoms with van der Waals surface area (Å²) in [6, 6.07) is 19.9. The van der Waals surface area contributed by atoms with E-state index in [1.54, 1.807) is 12.3 Å². The molecule has 3 aromatic carbocycles. The molecule has 6 bridgehead atoms. The summed E-state index contributed by atoms with van der Waals surface area (Å²) in [5.74, 6) is 1.04. The molecule has 0 aromatic heterocycles. The maximum atomic E-state index is 12.6. The Labute approximate surface area is 232 Å². The van der Waals surface area contributed by atoms with Crippen molar-refractivity contribution >= 4 is 23.8 Å². The van der Waals surface area contributed by atoms with Crippen molar-refractivity contribution < 1.29 is 14.6 Å². The molecular formula is C34H38N2O3. The monoisotopic (exact) mass is 522 g/mol. The van der Waals surface area contributed by atoms with Gasteiger partial charge in [0.1, 0.15) is 24.2 Å². The lowest BCUT2D eigenvalue weighted by Gasteiger charge is -2.32. The van der Waals surface area contributed by atoms with E-state index in [4.69, 9.17) is 4.74 Å². The number of aldehydes is 1. The summed E-state index contributed by atoms with van der Waals surface area (Å²) in [4.78, 5) is 16.3. The van der Waals surface area contributed by atoms with Gasteiger partial charge in [-0.25, -0.2) is 0 Å². The molecule has 0 saturated heterocycles. The van der Waals surface area contributed by atoms with E-state index in [0.717, 1.165) is 58.4 Å². The molecule has 4 rings (SSSR count). The summed E-state index contributed by atoms with van der Waals surface area (Å²) in [6.45, 7) is 8.53. The van der Waals surface area contributed by atoms with Crippen molar-refractivity contribution in [3.63, 3.8) is 0 Å². The van der Waals surface area contributed by atoms with E-state index in [0.29, 0.717) is 23.3 Å². The molecule has 1 heterocycles. The third-order valence-corrected chi connectivity index (χ3v) is 7.09. The van der Waals surface area contributed by atoms with Crippen LogP contribution in [0.4, 0.5) is 5.69 Å². The van der Waals surface area contributed by atoms with E-state index < -0.39 is 5.60 Å². The summed E-state index contributed by atoms with van der Waals surface area (Å²) in [7, 11) is 1.85. The van der Waals surface area contributed by atoms with Gasteiger partial charge in [0.2, 0.25) is 0 Å². The average molecular weight is 523 g/mol. The van der Waals surface area contributed by atoms with Crippen LogP contribution in [0.25, 0.3) is 5.57 Å². The van der Waals surface area contributed by atoms with Gasteiger partial charge in [0, 0.05) is 30.7 Å². The minimum absolute atomic E-state index is 0.282. The lowest BCUT2D eigenvalue weighted by Crippen LogP contribution is -2.29. The van der Waals surface area contributed by atoms with Crippen LogP contribution < -0.4 is 10.1 Å². The Morgan fingerprint density at radius 2 is 1.90 bits per heavy atom. The topological polar surface area (TPSA) is 70.9 Å². The van der Waals surface area contributed by atoms with Crippen LogP contribution >= 0.6 is 0 Å². The van der Waals surface area contributed by atoms with Gasteiger partial charge in [0.15, 0.2) is 0 Å². The first-order valence-corrected chi connectivity index (χ1v) is 13.6. The van der Waals surface area contributed by atoms with Crippen LogP contribution in [0.2, 0.25) is 0 Å². The van der Waals surface area contributed by atoms with Crippen LogP contribution in [-0.4, -0.2) is 24.7 Å². The Balaban J connectivity index is 2.07. The largest absolute Gasteiger partial charge is 0.489 e. The number of aryl methyl sites for hydroxylation is 1. The number of aliphatic hydroxyl groups is 1. The SMILES string of the molecule is CCCc1ccc2cc1OCc1cccc(c1)/C(=C/C=O)c1cc(ccc1NC)C2(O)/C(C)=C/N=C\C(C)C. The van der Waals surface area contributed by atoms with Crippen molar-refractivity contribution in [1.82, 2.24) is 0 Å². The molecule has 3 aromatic rings. The zero-order valence-corrected chi connectivity index (χ0v) is 23.5. The molecule has 1 unspecified atom stereocenters. The molecule has 5 heteroatoms. The molecule has 0 saturated carbocycles. The summed E-state index contributed by atoms with van der Waals surface area (Å²) in [5.41, 5.74) is 5.97. The highest BCUT2D eigenvalue weighted by Crippen LogP contribution is 2.42. The molecule has 39 heavy (non-hydrogen) atoms. The average Bonchev–Trinajstić information content (AvgIpc) is 2.94. The molecular weight excluding hydrogens is 484 g/mol. The van der Waals surface area contributed by atoms with Crippen LogP contribution in [0.1, 0.15) is 67.5 Å². The normalized spacial score (nSPS) is 18.3. The van der Waals surface area contributed by atoms with E-state index in [-0.39, 0.29) is 5.92 Å². The molecule has 0 spiro atoms. The summed E-state index contributed by atoms with van der Waals surface area (Å²) in [6.07, 6.45) is 7.82. The van der Waals surface area contributed by atoms with E-state index in [1.807, 2.05) is 68.7 Å². The van der Waals surface area contributed by atoms with Gasteiger partial charge in [-0.15, -0.1) is 0 Å². The second-order valence-corrected chi connectivity index (χ2v) is 10.4. The molecule has 1 aliphatic heterocycles. The highest BCUT2D eigenvalue weighted by molar-refractivity contribution is 5.93. The number of carbonyl (C=O) groups excluding carboxylic acids is 1. The minimum atomic E-state index is -1.49. The summed E-state index contributed by atoms with van der Waals surface area (Å²) < 4.78 is 6.41. The smallest absolute Gasteiger partial charge is 0.143 e. The molecule has 0 amide bonds. The first-order valence-electron chi connectivity index (χ1n) is 13.6. The quantitative estimate of drug-likeness (QED) is 0.198. The molecule has 0 aliphatic carbocycles. The predicted molar refractivity (Wildman–Crippen MR) is 160 cm³/mol. The highest BCUT2D eigenvalue weighted by Gasteiger charge is 2.35. The van der Waals surface area contributed by atoms with Gasteiger partial charge >= 0.3 is 0 Å². The fourth-order valence-electron chi connectivity index (χ4n) is 5.04. The van der Waals surface area contributed by atoms with Crippen LogP contribution in [0, 0.1) is 5.92 Å². The molecule has 0 fully saturated rings. The maximum Gasteiger partial charge on any atom is 0.143 e. The van der Waals surface area contributed by atoms with Crippen LogP contribution in [0.15, 0.2) is 83.5 Å². The van der Waals surface area contributed by atoms with Gasteiger partial charge in [-0.2, -0.15) is 0 Å². The van der Waals surface area contributed by atoms with E-state index in [2.05, 4.69) is 43.2 Å². The maximum absolute atomic E-state index is 12.6. The molecule has 1 aliphatic rings. The van der Waals surface area contributed by atoms with Crippen molar-refractivity contribution in [3.05, 3.63) is 112 Å². The highest BCUT2D eigenvalue weighted by atomic mass is 16.5. The number of fused-ring (bicyclic) bond motifs is 6. The number of allylic oxidation sites excluding steroid dienone is 1. The number of nitrogens with one attached hydrogen (secondary N) is 1. The predicted octanol–water partition coefficient (Wildman–Crippen LogP) is 7.07. The number of carbonyl (C=O) groups is 1. The Hall–Kier alpha value is -3.96. The lowest BCUT2D eigenvalue weighted by molar-refractivity contribution is -0.104. The number of hydrogen-bond donors (Lipinski definition) is 2. The lowest BCUT2D eigenvalue weighted by atomic mass is 9.79. The number of ether oxygens (including phenoxy) is 1. The Morgan fingerprint density at radius 1 is 1.13 bits per heavy atom. The third kappa shape index (κ3) is 5.89. The molecule has 0 radical (unpaired) electrons. The van der Waals surface area contributed by atoms with Crippen molar-refractivity contribution in [2.75, 3.05) is 12.4 Å². The number of anilines is 1. The number of nitrogens with zero attached hydrogens (tertiary/aromatic N) is 1. The minimum Gasteiger partial charge on any atom is -0.489 e. The standard InChI is InChI=1S/C34H38N2O3/c1-6-8-26-11-12-29-19-33(26)39-22-25-9-7-10-27(17-25)30(15-16-37)31-18-28(13-14-32(31)35-5)34(29,38)24(4)21-36-20-23(2)3/h7,9-21,23,35,38H,6,8,22H2,1-5H3/b24-21+,30-15-,36-20-. The molecule has 2 N–H and O–H groups in total. The van der Waals surface area contributed by atoms with Crippen LogP contribution in [-0.2, 0) is 23.4 Å². The van der Waals surface area contributed by atoms with Gasteiger partial charge in [0.25, 0.3) is 0 Å². The number of hydrogen-bond acceptors (Lipinski definition) is 5. The van der Waals surface area contributed by atoms with Gasteiger partial charge in [0.05, 0.1) is 0 Å². The fourth-order valence-corrected chi connectivity index (χ4v) is 5.04. The fraction of sp³-hybridized carbons (Fsp3) is 0.294. The first kappa shape index (κ1) is 28.1. The van der Waals surface area contributed by atoms with Crippen molar-refractivity contribution in [3.8, 4) is 5.75 Å².